The SMILES string of the molecule is CC(NC(=O)c1ccc2c(c1)NC(=O)CS2)c1ccc(F)cc1. The van der Waals surface area contributed by atoms with Crippen LogP contribution in [0.4, 0.5) is 10.1 Å². The van der Waals surface area contributed by atoms with E-state index in [4.69, 9.17) is 0 Å². The predicted octanol–water partition coefficient (Wildman–Crippen LogP) is 3.36. The molecule has 0 saturated heterocycles. The normalized spacial score (nSPS) is 14.6. The van der Waals surface area contributed by atoms with Gasteiger partial charge in [0.25, 0.3) is 5.91 Å². The lowest BCUT2D eigenvalue weighted by Crippen LogP contribution is -2.27. The maximum Gasteiger partial charge on any atom is 0.251 e. The molecular weight excluding hydrogens is 315 g/mol. The summed E-state index contributed by atoms with van der Waals surface area (Å²) in [6.07, 6.45) is 0. The molecule has 2 aromatic carbocycles. The quantitative estimate of drug-likeness (QED) is 0.907. The second-order valence-electron chi connectivity index (χ2n) is 5.29. The lowest BCUT2D eigenvalue weighted by atomic mass is 10.1. The fourth-order valence-corrected chi connectivity index (χ4v) is 3.13. The van der Waals surface area contributed by atoms with Crippen LogP contribution in [0.5, 0.6) is 0 Å². The van der Waals surface area contributed by atoms with Gasteiger partial charge in [0.05, 0.1) is 17.5 Å². The van der Waals surface area contributed by atoms with Gasteiger partial charge in [-0.1, -0.05) is 12.1 Å². The molecule has 2 N–H and O–H groups in total. The molecular formula is C17H15FN2O2S. The van der Waals surface area contributed by atoms with E-state index in [-0.39, 0.29) is 23.7 Å². The Kier molecular flexibility index (Phi) is 4.34. The van der Waals surface area contributed by atoms with Gasteiger partial charge in [-0.2, -0.15) is 0 Å². The summed E-state index contributed by atoms with van der Waals surface area (Å²) in [5.74, 6) is -0.232. The minimum Gasteiger partial charge on any atom is -0.346 e. The molecule has 0 bridgehead atoms. The molecule has 0 saturated carbocycles. The van der Waals surface area contributed by atoms with E-state index in [1.807, 2.05) is 13.0 Å². The summed E-state index contributed by atoms with van der Waals surface area (Å²) in [4.78, 5) is 24.7. The van der Waals surface area contributed by atoms with Gasteiger partial charge < -0.3 is 10.6 Å². The van der Waals surface area contributed by atoms with Crippen LogP contribution in [0.15, 0.2) is 47.4 Å². The van der Waals surface area contributed by atoms with E-state index in [9.17, 15) is 14.0 Å². The van der Waals surface area contributed by atoms with Gasteiger partial charge in [0.15, 0.2) is 0 Å². The Morgan fingerprint density at radius 1 is 1.26 bits per heavy atom. The van der Waals surface area contributed by atoms with Crippen molar-refractivity contribution >= 4 is 29.3 Å². The van der Waals surface area contributed by atoms with E-state index in [2.05, 4.69) is 10.6 Å². The minimum absolute atomic E-state index is 0.0697. The van der Waals surface area contributed by atoms with Crippen LogP contribution < -0.4 is 10.6 Å². The Balaban J connectivity index is 1.74. The number of amides is 2. The number of thioether (sulfide) groups is 1. The summed E-state index contributed by atoms with van der Waals surface area (Å²) in [6, 6.07) is 11.0. The maximum absolute atomic E-state index is 12.9. The van der Waals surface area contributed by atoms with E-state index in [1.165, 1.54) is 23.9 Å². The third kappa shape index (κ3) is 3.53. The van der Waals surface area contributed by atoms with Crippen LogP contribution in [0.1, 0.15) is 28.9 Å². The van der Waals surface area contributed by atoms with Crippen LogP contribution in [0.3, 0.4) is 0 Å². The number of anilines is 1. The molecule has 3 rings (SSSR count). The lowest BCUT2D eigenvalue weighted by molar-refractivity contribution is -0.113. The van der Waals surface area contributed by atoms with Crippen molar-refractivity contribution in [2.45, 2.75) is 17.9 Å². The van der Waals surface area contributed by atoms with Crippen LogP contribution >= 0.6 is 11.8 Å². The van der Waals surface area contributed by atoms with Crippen LogP contribution in [0.2, 0.25) is 0 Å². The van der Waals surface area contributed by atoms with Crippen molar-refractivity contribution in [3.8, 4) is 0 Å². The highest BCUT2D eigenvalue weighted by Gasteiger charge is 2.18. The molecule has 1 heterocycles. The predicted molar refractivity (Wildman–Crippen MR) is 88.1 cm³/mol. The molecule has 4 nitrogen and oxygen atoms in total. The van der Waals surface area contributed by atoms with Gasteiger partial charge >= 0.3 is 0 Å². The van der Waals surface area contributed by atoms with Gasteiger partial charge in [0, 0.05) is 10.5 Å². The number of rotatable bonds is 3. The van der Waals surface area contributed by atoms with Gasteiger partial charge in [-0.25, -0.2) is 4.39 Å². The zero-order valence-corrected chi connectivity index (χ0v) is 13.2. The van der Waals surface area contributed by atoms with Gasteiger partial charge in [-0.15, -0.1) is 11.8 Å². The molecule has 1 atom stereocenters. The maximum atomic E-state index is 12.9. The Hall–Kier alpha value is -2.34. The first-order valence-corrected chi connectivity index (χ1v) is 8.14. The fourth-order valence-electron chi connectivity index (χ4n) is 2.34. The number of carbonyl (C=O) groups is 2. The Bertz CT molecular complexity index is 762. The van der Waals surface area contributed by atoms with E-state index < -0.39 is 0 Å². The van der Waals surface area contributed by atoms with Crippen molar-refractivity contribution in [2.24, 2.45) is 0 Å². The van der Waals surface area contributed by atoms with Crippen LogP contribution in [0.25, 0.3) is 0 Å². The summed E-state index contributed by atoms with van der Waals surface area (Å²) >= 11 is 1.45. The van der Waals surface area contributed by atoms with Crippen LogP contribution in [-0.4, -0.2) is 17.6 Å². The second kappa shape index (κ2) is 6.42. The number of benzene rings is 2. The Labute approximate surface area is 137 Å². The van der Waals surface area contributed by atoms with Crippen LogP contribution in [-0.2, 0) is 4.79 Å². The Morgan fingerprint density at radius 2 is 2.00 bits per heavy atom. The smallest absolute Gasteiger partial charge is 0.251 e. The van der Waals surface area contributed by atoms with Gasteiger partial charge in [0.1, 0.15) is 5.82 Å². The van der Waals surface area contributed by atoms with E-state index in [0.717, 1.165) is 10.5 Å². The van der Waals surface area contributed by atoms with Crippen molar-refractivity contribution < 1.29 is 14.0 Å². The number of fused-ring (bicyclic) bond motifs is 1. The van der Waals surface area contributed by atoms with Crippen molar-refractivity contribution in [3.05, 3.63) is 59.4 Å². The highest BCUT2D eigenvalue weighted by atomic mass is 32.2. The molecule has 2 amide bonds. The van der Waals surface area contributed by atoms with Crippen molar-refractivity contribution in [1.29, 1.82) is 0 Å². The molecule has 1 aliphatic rings. The molecule has 1 aliphatic heterocycles. The molecule has 0 aliphatic carbocycles. The van der Waals surface area contributed by atoms with Gasteiger partial charge in [-0.3, -0.25) is 9.59 Å². The van der Waals surface area contributed by atoms with Gasteiger partial charge in [-0.05, 0) is 42.8 Å². The first-order valence-electron chi connectivity index (χ1n) is 7.16. The molecule has 0 fully saturated rings. The molecule has 2 aromatic rings. The molecule has 6 heteroatoms. The van der Waals surface area contributed by atoms with E-state index in [1.54, 1.807) is 24.3 Å². The van der Waals surface area contributed by atoms with E-state index in [0.29, 0.717) is 17.0 Å². The monoisotopic (exact) mass is 330 g/mol. The first kappa shape index (κ1) is 15.6. The summed E-state index contributed by atoms with van der Waals surface area (Å²) < 4.78 is 12.9. The third-order valence-electron chi connectivity index (χ3n) is 3.59. The van der Waals surface area contributed by atoms with Crippen molar-refractivity contribution in [3.63, 3.8) is 0 Å². The highest BCUT2D eigenvalue weighted by molar-refractivity contribution is 8.00. The molecule has 0 spiro atoms. The number of nitrogens with one attached hydrogen (secondary N) is 2. The Morgan fingerprint density at radius 3 is 2.74 bits per heavy atom. The minimum atomic E-state index is -0.310. The first-order chi connectivity index (χ1) is 11.0. The molecule has 118 valence electrons. The molecule has 0 aromatic heterocycles. The third-order valence-corrected chi connectivity index (χ3v) is 4.67. The zero-order valence-electron chi connectivity index (χ0n) is 12.4. The zero-order chi connectivity index (χ0) is 16.4. The summed E-state index contributed by atoms with van der Waals surface area (Å²) in [5.41, 5.74) is 1.95. The lowest BCUT2D eigenvalue weighted by Gasteiger charge is -2.18. The number of hydrogen-bond donors (Lipinski definition) is 2. The largest absolute Gasteiger partial charge is 0.346 e. The number of halogens is 1. The topological polar surface area (TPSA) is 58.2 Å². The van der Waals surface area contributed by atoms with Gasteiger partial charge in [0.2, 0.25) is 5.91 Å². The van der Waals surface area contributed by atoms with Crippen molar-refractivity contribution in [1.82, 2.24) is 5.32 Å². The molecule has 23 heavy (non-hydrogen) atoms. The number of carbonyl (C=O) groups excluding carboxylic acids is 2. The van der Waals surface area contributed by atoms with E-state index >= 15 is 0 Å². The summed E-state index contributed by atoms with van der Waals surface area (Å²) in [7, 11) is 0. The average molecular weight is 330 g/mol. The highest BCUT2D eigenvalue weighted by Crippen LogP contribution is 2.32. The second-order valence-corrected chi connectivity index (χ2v) is 6.31. The standard InChI is InChI=1S/C17H15FN2O2S/c1-10(11-2-5-13(18)6-3-11)19-17(22)12-4-7-15-14(8-12)20-16(21)9-23-15/h2-8,10H,9H2,1H3,(H,19,22)(H,20,21). The van der Waals surface area contributed by atoms with Crippen LogP contribution in [0, 0.1) is 5.82 Å². The summed E-state index contributed by atoms with van der Waals surface area (Å²) in [5, 5.41) is 5.63. The summed E-state index contributed by atoms with van der Waals surface area (Å²) in [6.45, 7) is 1.83. The average Bonchev–Trinajstić information content (AvgIpc) is 2.54. The molecule has 0 radical (unpaired) electrons. The van der Waals surface area contributed by atoms with Crippen molar-refractivity contribution in [2.75, 3.05) is 11.1 Å². The fraction of sp³-hybridized carbons (Fsp3) is 0.176. The molecule has 1 unspecified atom stereocenters. The number of hydrogen-bond acceptors (Lipinski definition) is 3.